The Labute approximate surface area is 202 Å². The minimum absolute atomic E-state index is 0.00845. The molecule has 0 spiro atoms. The summed E-state index contributed by atoms with van der Waals surface area (Å²) in [6, 6.07) is 14.8. The standard InChI is InChI=1S/C27H25NO7/c1-2-10-32-19-6-3-5-17(14-19)24-23(26(30)27(31)28(24)16-20-7-4-11-33-20)25(29)18-8-9-21-22(15-18)35-13-12-34-21/h3-9,11,14-15,24,29H,2,10,12-13,16H2,1H3/b25-23+/t24-/m0/s1. The van der Waals surface area contributed by atoms with Gasteiger partial charge in [0.15, 0.2) is 11.5 Å². The third-order valence-corrected chi connectivity index (χ3v) is 5.91. The third kappa shape index (κ3) is 4.35. The van der Waals surface area contributed by atoms with Gasteiger partial charge >= 0.3 is 0 Å². The molecule has 0 unspecified atom stereocenters. The van der Waals surface area contributed by atoms with E-state index in [9.17, 15) is 14.7 Å². The molecule has 2 aliphatic rings. The van der Waals surface area contributed by atoms with E-state index in [2.05, 4.69) is 0 Å². The van der Waals surface area contributed by atoms with Gasteiger partial charge in [-0.3, -0.25) is 9.59 Å². The van der Waals surface area contributed by atoms with Gasteiger partial charge in [-0.05, 0) is 54.4 Å². The van der Waals surface area contributed by atoms with Gasteiger partial charge in [0.2, 0.25) is 0 Å². The Balaban J connectivity index is 1.61. The van der Waals surface area contributed by atoms with Gasteiger partial charge < -0.3 is 28.6 Å². The van der Waals surface area contributed by atoms with E-state index >= 15 is 0 Å². The number of Topliss-reactive ketones (excluding diaryl/α,β-unsaturated/α-hetero) is 1. The van der Waals surface area contributed by atoms with Crippen molar-refractivity contribution in [3.8, 4) is 17.2 Å². The number of hydrogen-bond donors (Lipinski definition) is 1. The SMILES string of the molecule is CCCOc1cccc([C@H]2/C(=C(\O)c3ccc4c(c3)OCCO4)C(=O)C(=O)N2Cc2ccco2)c1. The molecule has 2 aliphatic heterocycles. The molecule has 8 nitrogen and oxygen atoms in total. The molecule has 0 aliphatic carbocycles. The summed E-state index contributed by atoms with van der Waals surface area (Å²) in [6.07, 6.45) is 2.35. The Kier molecular flexibility index (Phi) is 6.18. The number of ether oxygens (including phenoxy) is 3. The normalized spacial score (nSPS) is 18.7. The van der Waals surface area contributed by atoms with E-state index in [1.54, 1.807) is 42.5 Å². The number of aliphatic hydroxyl groups is 1. The minimum atomic E-state index is -0.835. The van der Waals surface area contributed by atoms with Gasteiger partial charge in [0.25, 0.3) is 11.7 Å². The Hall–Kier alpha value is -4.20. The van der Waals surface area contributed by atoms with Crippen molar-refractivity contribution >= 4 is 17.4 Å². The molecule has 180 valence electrons. The zero-order chi connectivity index (χ0) is 24.4. The van der Waals surface area contributed by atoms with Crippen molar-refractivity contribution < 1.29 is 33.3 Å². The maximum atomic E-state index is 13.3. The van der Waals surface area contributed by atoms with Gasteiger partial charge in [0.05, 0.1) is 31.0 Å². The van der Waals surface area contributed by atoms with Crippen LogP contribution in [0.1, 0.15) is 36.3 Å². The van der Waals surface area contributed by atoms with E-state index in [1.165, 1.54) is 11.2 Å². The van der Waals surface area contributed by atoms with E-state index in [4.69, 9.17) is 18.6 Å². The summed E-state index contributed by atoms with van der Waals surface area (Å²) >= 11 is 0. The first-order valence-corrected chi connectivity index (χ1v) is 11.5. The molecular formula is C27H25NO7. The van der Waals surface area contributed by atoms with E-state index in [0.717, 1.165) is 6.42 Å². The lowest BCUT2D eigenvalue weighted by molar-refractivity contribution is -0.140. The quantitative estimate of drug-likeness (QED) is 0.306. The number of nitrogens with zero attached hydrogens (tertiary/aromatic N) is 1. The van der Waals surface area contributed by atoms with Gasteiger partial charge in [0.1, 0.15) is 30.5 Å². The maximum absolute atomic E-state index is 13.3. The number of amides is 1. The lowest BCUT2D eigenvalue weighted by Crippen LogP contribution is -2.29. The van der Waals surface area contributed by atoms with Crippen molar-refractivity contribution in [1.29, 1.82) is 0 Å². The topological polar surface area (TPSA) is 98.4 Å². The Bertz CT molecular complexity index is 1280. The predicted molar refractivity (Wildman–Crippen MR) is 126 cm³/mol. The summed E-state index contributed by atoms with van der Waals surface area (Å²) in [7, 11) is 0. The van der Waals surface area contributed by atoms with Crippen molar-refractivity contribution in [2.24, 2.45) is 0 Å². The first-order valence-electron chi connectivity index (χ1n) is 11.5. The van der Waals surface area contributed by atoms with Gasteiger partial charge in [-0.2, -0.15) is 0 Å². The summed E-state index contributed by atoms with van der Waals surface area (Å²) in [4.78, 5) is 27.8. The van der Waals surface area contributed by atoms with Gasteiger partial charge in [-0.1, -0.05) is 19.1 Å². The Morgan fingerprint density at radius 1 is 1.06 bits per heavy atom. The molecule has 1 amide bonds. The summed E-state index contributed by atoms with van der Waals surface area (Å²) in [5, 5.41) is 11.3. The Morgan fingerprint density at radius 3 is 2.66 bits per heavy atom. The van der Waals surface area contributed by atoms with Crippen LogP contribution in [-0.4, -0.2) is 41.5 Å². The van der Waals surface area contributed by atoms with Crippen LogP contribution in [0.4, 0.5) is 0 Å². The molecule has 0 saturated carbocycles. The second-order valence-corrected chi connectivity index (χ2v) is 8.29. The minimum Gasteiger partial charge on any atom is -0.507 e. The third-order valence-electron chi connectivity index (χ3n) is 5.91. The molecule has 5 rings (SSSR count). The van der Waals surface area contributed by atoms with Crippen LogP contribution in [-0.2, 0) is 16.1 Å². The smallest absolute Gasteiger partial charge is 0.296 e. The molecule has 3 aromatic rings. The van der Waals surface area contributed by atoms with Crippen molar-refractivity contribution in [2.75, 3.05) is 19.8 Å². The fourth-order valence-electron chi connectivity index (χ4n) is 4.30. The average molecular weight is 475 g/mol. The number of hydrogen-bond acceptors (Lipinski definition) is 7. The number of fused-ring (bicyclic) bond motifs is 1. The molecule has 35 heavy (non-hydrogen) atoms. The van der Waals surface area contributed by atoms with Crippen LogP contribution in [0.15, 0.2) is 70.9 Å². The average Bonchev–Trinajstić information content (AvgIpc) is 3.49. The Morgan fingerprint density at radius 2 is 1.89 bits per heavy atom. The van der Waals surface area contributed by atoms with Gasteiger partial charge in [-0.15, -0.1) is 0 Å². The highest BCUT2D eigenvalue weighted by atomic mass is 16.6. The van der Waals surface area contributed by atoms with E-state index in [-0.39, 0.29) is 17.9 Å². The van der Waals surface area contributed by atoms with Crippen LogP contribution in [0.2, 0.25) is 0 Å². The second-order valence-electron chi connectivity index (χ2n) is 8.29. The molecule has 1 N–H and O–H groups in total. The van der Waals surface area contributed by atoms with E-state index in [1.807, 2.05) is 19.1 Å². The molecule has 8 heteroatoms. The zero-order valence-corrected chi connectivity index (χ0v) is 19.2. The predicted octanol–water partition coefficient (Wildman–Crippen LogP) is 4.46. The number of aliphatic hydroxyl groups excluding tert-OH is 1. The monoisotopic (exact) mass is 475 g/mol. The van der Waals surface area contributed by atoms with Crippen LogP contribution in [0.3, 0.4) is 0 Å². The van der Waals surface area contributed by atoms with E-state index < -0.39 is 17.7 Å². The van der Waals surface area contributed by atoms with Crippen molar-refractivity contribution in [2.45, 2.75) is 25.9 Å². The summed E-state index contributed by atoms with van der Waals surface area (Å²) in [5.41, 5.74) is 0.989. The molecule has 1 aromatic heterocycles. The largest absolute Gasteiger partial charge is 0.507 e. The van der Waals surface area contributed by atoms with Crippen molar-refractivity contribution in [1.82, 2.24) is 4.90 Å². The fraction of sp³-hybridized carbons (Fsp3) is 0.259. The number of benzene rings is 2. The molecule has 1 atom stereocenters. The number of rotatable bonds is 7. The molecule has 0 radical (unpaired) electrons. The fourth-order valence-corrected chi connectivity index (χ4v) is 4.30. The first kappa shape index (κ1) is 22.6. The molecule has 3 heterocycles. The number of carbonyl (C=O) groups excluding carboxylic acids is 2. The summed E-state index contributed by atoms with van der Waals surface area (Å²) in [5.74, 6) is 0.397. The van der Waals surface area contributed by atoms with Crippen LogP contribution >= 0.6 is 0 Å². The van der Waals surface area contributed by atoms with Crippen LogP contribution in [0.5, 0.6) is 17.2 Å². The highest BCUT2D eigenvalue weighted by Crippen LogP contribution is 2.42. The number of furan rings is 1. The summed E-state index contributed by atoms with van der Waals surface area (Å²) in [6.45, 7) is 3.44. The maximum Gasteiger partial charge on any atom is 0.296 e. The molecule has 0 bridgehead atoms. The molecule has 1 saturated heterocycles. The number of likely N-dealkylation sites (tertiary alicyclic amines) is 1. The molecule has 1 fully saturated rings. The highest BCUT2D eigenvalue weighted by Gasteiger charge is 2.46. The van der Waals surface area contributed by atoms with Gasteiger partial charge in [0, 0.05) is 5.56 Å². The number of ketones is 1. The summed E-state index contributed by atoms with van der Waals surface area (Å²) < 4.78 is 22.4. The molecular weight excluding hydrogens is 450 g/mol. The lowest BCUT2D eigenvalue weighted by atomic mass is 9.95. The first-order chi connectivity index (χ1) is 17.1. The second kappa shape index (κ2) is 9.58. The number of carbonyl (C=O) groups is 2. The van der Waals surface area contributed by atoms with Gasteiger partial charge in [-0.25, -0.2) is 0 Å². The van der Waals surface area contributed by atoms with Crippen LogP contribution in [0, 0.1) is 0 Å². The highest BCUT2D eigenvalue weighted by molar-refractivity contribution is 6.46. The van der Waals surface area contributed by atoms with Crippen LogP contribution < -0.4 is 14.2 Å². The van der Waals surface area contributed by atoms with Crippen molar-refractivity contribution in [3.05, 3.63) is 83.3 Å². The molecule has 2 aromatic carbocycles. The van der Waals surface area contributed by atoms with E-state index in [0.29, 0.717) is 54.0 Å². The lowest BCUT2D eigenvalue weighted by Gasteiger charge is -2.25. The van der Waals surface area contributed by atoms with Crippen LogP contribution in [0.25, 0.3) is 5.76 Å². The zero-order valence-electron chi connectivity index (χ0n) is 19.2. The van der Waals surface area contributed by atoms with Crippen molar-refractivity contribution in [3.63, 3.8) is 0 Å².